The summed E-state index contributed by atoms with van der Waals surface area (Å²) in [5, 5.41) is 0. The molecule has 3 aromatic rings. The Balaban J connectivity index is 2.28. The molecule has 0 fully saturated rings. The van der Waals surface area contributed by atoms with Crippen LogP contribution in [0.3, 0.4) is 0 Å². The number of anilines is 2. The lowest BCUT2D eigenvalue weighted by atomic mass is 10.0. The molecule has 0 aliphatic rings. The Morgan fingerprint density at radius 3 is 1.45 bits per heavy atom. The smallest absolute Gasteiger partial charge is 0.423 e. The van der Waals surface area contributed by atoms with Gasteiger partial charge >= 0.3 is 12.4 Å². The highest BCUT2D eigenvalue weighted by atomic mass is 19.4. The van der Waals surface area contributed by atoms with E-state index in [-0.39, 0.29) is 6.07 Å². The van der Waals surface area contributed by atoms with E-state index in [9.17, 15) is 39.5 Å². The van der Waals surface area contributed by atoms with Gasteiger partial charge in [0.2, 0.25) is 0 Å². The van der Waals surface area contributed by atoms with Crippen molar-refractivity contribution in [3.8, 4) is 23.0 Å². The van der Waals surface area contributed by atoms with Gasteiger partial charge in [-0.15, -0.1) is 0 Å². The van der Waals surface area contributed by atoms with E-state index in [2.05, 4.69) is 0 Å². The average Bonchev–Trinajstić information content (AvgIpc) is 2.65. The lowest BCUT2D eigenvalue weighted by molar-refractivity contribution is -0.147. The number of alkyl halides is 6. The second-order valence-corrected chi connectivity index (χ2v) is 6.50. The van der Waals surface area contributed by atoms with E-state index >= 15 is 0 Å². The molecule has 0 aliphatic carbocycles. The summed E-state index contributed by atoms with van der Waals surface area (Å²) in [7, 11) is 0. The largest absolute Gasteiger partial charge is 0.456 e. The van der Waals surface area contributed by atoms with Gasteiger partial charge in [0.1, 0.15) is 45.8 Å². The van der Waals surface area contributed by atoms with Crippen LogP contribution in [0.25, 0.3) is 0 Å². The molecule has 33 heavy (non-hydrogen) atoms. The van der Waals surface area contributed by atoms with Gasteiger partial charge in [-0.3, -0.25) is 0 Å². The van der Waals surface area contributed by atoms with Crippen LogP contribution in [0, 0.1) is 17.5 Å². The topological polar surface area (TPSA) is 70.5 Å². The normalized spacial score (nSPS) is 12.0. The van der Waals surface area contributed by atoms with Crippen LogP contribution in [0.5, 0.6) is 23.0 Å². The van der Waals surface area contributed by atoms with Gasteiger partial charge in [-0.1, -0.05) is 0 Å². The molecule has 0 unspecified atom stereocenters. The third-order valence-electron chi connectivity index (χ3n) is 4.15. The minimum absolute atomic E-state index is 0.142. The zero-order valence-electron chi connectivity index (χ0n) is 15.9. The quantitative estimate of drug-likeness (QED) is 0.314. The minimum atomic E-state index is -5.64. The number of nitrogen functional groups attached to an aromatic ring is 2. The molecular weight excluding hydrogens is 471 g/mol. The third kappa shape index (κ3) is 5.02. The molecule has 0 atom stereocenters. The predicted molar refractivity (Wildman–Crippen MR) is 98.2 cm³/mol. The molecule has 0 heterocycles. The maximum atomic E-state index is 14.5. The van der Waals surface area contributed by atoms with E-state index in [4.69, 9.17) is 20.9 Å². The number of hydrogen-bond donors (Lipinski definition) is 2. The van der Waals surface area contributed by atoms with Crippen molar-refractivity contribution in [2.45, 2.75) is 12.4 Å². The standard InChI is InChI=1S/C20H11F9N2O2/c21-10-3-1-8(5-13(10)30)32-15-7-12(23)16(19(24,25)26)18(17(15)20(27,28)29)33-9-2-4-11(22)14(31)6-9/h1-7H,30-31H2. The second-order valence-electron chi connectivity index (χ2n) is 6.50. The summed E-state index contributed by atoms with van der Waals surface area (Å²) in [6, 6.07) is 4.08. The molecule has 4 nitrogen and oxygen atoms in total. The van der Waals surface area contributed by atoms with Crippen molar-refractivity contribution >= 4 is 11.4 Å². The van der Waals surface area contributed by atoms with Crippen LogP contribution in [0.2, 0.25) is 0 Å². The first-order valence-corrected chi connectivity index (χ1v) is 8.65. The molecule has 13 heteroatoms. The van der Waals surface area contributed by atoms with E-state index in [0.717, 1.165) is 18.2 Å². The second kappa shape index (κ2) is 8.30. The number of rotatable bonds is 4. The Kier molecular flexibility index (Phi) is 6.00. The Morgan fingerprint density at radius 2 is 1.03 bits per heavy atom. The molecule has 176 valence electrons. The molecule has 4 N–H and O–H groups in total. The van der Waals surface area contributed by atoms with Crippen LogP contribution in [-0.4, -0.2) is 0 Å². The zero-order valence-corrected chi connectivity index (χ0v) is 15.9. The van der Waals surface area contributed by atoms with Crippen LogP contribution in [0.4, 0.5) is 50.9 Å². The van der Waals surface area contributed by atoms with Crippen molar-refractivity contribution < 1.29 is 49.0 Å². The Bertz CT molecular complexity index is 1210. The van der Waals surface area contributed by atoms with E-state index in [1.807, 2.05) is 0 Å². The van der Waals surface area contributed by atoms with Crippen molar-refractivity contribution in [3.63, 3.8) is 0 Å². The maximum Gasteiger partial charge on any atom is 0.423 e. The van der Waals surface area contributed by atoms with E-state index < -0.39 is 75.3 Å². The Labute approximate surface area is 179 Å². The van der Waals surface area contributed by atoms with Gasteiger partial charge in [-0.25, -0.2) is 13.2 Å². The molecule has 0 amide bonds. The number of nitrogens with two attached hydrogens (primary N) is 2. The molecule has 0 bridgehead atoms. The molecule has 3 aromatic carbocycles. The fourth-order valence-electron chi connectivity index (χ4n) is 2.74. The number of ether oxygens (including phenoxy) is 2. The average molecular weight is 482 g/mol. The van der Waals surface area contributed by atoms with Gasteiger partial charge in [0.25, 0.3) is 0 Å². The zero-order chi connectivity index (χ0) is 24.7. The van der Waals surface area contributed by atoms with Crippen molar-refractivity contribution in [1.82, 2.24) is 0 Å². The van der Waals surface area contributed by atoms with Crippen molar-refractivity contribution in [3.05, 3.63) is 71.0 Å². The summed E-state index contributed by atoms with van der Waals surface area (Å²) in [4.78, 5) is 0. The van der Waals surface area contributed by atoms with Crippen molar-refractivity contribution in [2.75, 3.05) is 11.5 Å². The van der Waals surface area contributed by atoms with Crippen LogP contribution in [-0.2, 0) is 12.4 Å². The number of halogens is 9. The van der Waals surface area contributed by atoms with E-state index in [0.29, 0.717) is 18.2 Å². The van der Waals surface area contributed by atoms with Crippen molar-refractivity contribution in [1.29, 1.82) is 0 Å². The molecule has 0 saturated carbocycles. The first kappa shape index (κ1) is 23.9. The molecule has 0 radical (unpaired) electrons. The van der Waals surface area contributed by atoms with Gasteiger partial charge in [0.05, 0.1) is 11.4 Å². The molecule has 0 aliphatic heterocycles. The van der Waals surface area contributed by atoms with Gasteiger partial charge in [-0.2, -0.15) is 26.3 Å². The highest BCUT2D eigenvalue weighted by molar-refractivity contribution is 5.58. The van der Waals surface area contributed by atoms with Gasteiger partial charge in [0.15, 0.2) is 5.75 Å². The first-order valence-electron chi connectivity index (χ1n) is 8.65. The van der Waals surface area contributed by atoms with Crippen LogP contribution in [0.15, 0.2) is 42.5 Å². The SMILES string of the molecule is Nc1cc(Oc2cc(F)c(C(F)(F)F)c(Oc3ccc(F)c(N)c3)c2C(F)(F)F)ccc1F. The highest BCUT2D eigenvalue weighted by Crippen LogP contribution is 2.52. The summed E-state index contributed by atoms with van der Waals surface area (Å²) in [6.07, 6.45) is -11.2. The summed E-state index contributed by atoms with van der Waals surface area (Å²) in [5.41, 5.74) is 4.85. The summed E-state index contributed by atoms with van der Waals surface area (Å²) in [6.45, 7) is 0. The monoisotopic (exact) mass is 482 g/mol. The first-order chi connectivity index (χ1) is 15.2. The number of benzene rings is 3. The molecular formula is C20H11F9N2O2. The Hall–Kier alpha value is -3.77. The summed E-state index contributed by atoms with van der Waals surface area (Å²) >= 11 is 0. The minimum Gasteiger partial charge on any atom is -0.456 e. The predicted octanol–water partition coefficient (Wildman–Crippen LogP) is 6.89. The molecule has 0 aromatic heterocycles. The van der Waals surface area contributed by atoms with E-state index in [1.165, 1.54) is 0 Å². The fraction of sp³-hybridized carbons (Fsp3) is 0.100. The van der Waals surface area contributed by atoms with Gasteiger partial charge in [-0.05, 0) is 24.3 Å². The fourth-order valence-corrected chi connectivity index (χ4v) is 2.74. The lowest BCUT2D eigenvalue weighted by Crippen LogP contribution is -2.17. The van der Waals surface area contributed by atoms with Crippen LogP contribution < -0.4 is 20.9 Å². The lowest BCUT2D eigenvalue weighted by Gasteiger charge is -2.22. The summed E-state index contributed by atoms with van der Waals surface area (Å²) in [5.74, 6) is -8.83. The highest BCUT2D eigenvalue weighted by Gasteiger charge is 2.47. The summed E-state index contributed by atoms with van der Waals surface area (Å²) < 4.78 is 133. The van der Waals surface area contributed by atoms with E-state index in [1.54, 1.807) is 0 Å². The van der Waals surface area contributed by atoms with Crippen LogP contribution >= 0.6 is 0 Å². The molecule has 0 spiro atoms. The van der Waals surface area contributed by atoms with Gasteiger partial charge < -0.3 is 20.9 Å². The maximum absolute atomic E-state index is 14.5. The number of hydrogen-bond acceptors (Lipinski definition) is 4. The Morgan fingerprint density at radius 1 is 0.576 bits per heavy atom. The third-order valence-corrected chi connectivity index (χ3v) is 4.15. The molecule has 0 saturated heterocycles. The van der Waals surface area contributed by atoms with Crippen molar-refractivity contribution in [2.24, 2.45) is 0 Å². The van der Waals surface area contributed by atoms with Gasteiger partial charge in [0, 0.05) is 18.2 Å². The van der Waals surface area contributed by atoms with Crippen LogP contribution in [0.1, 0.15) is 11.1 Å². The molecule has 3 rings (SSSR count).